The van der Waals surface area contributed by atoms with Crippen molar-refractivity contribution in [3.05, 3.63) is 34.2 Å². The predicted octanol–water partition coefficient (Wildman–Crippen LogP) is 1.06. The molecule has 0 unspecified atom stereocenters. The number of hydrogen-bond donors (Lipinski definition) is 1. The molecular weight excluding hydrogens is 180 g/mol. The number of nitriles is 1. The standard InChI is InChI=1S/C6H4N2OS2/c7-3-5-1-2-6(9)8(4-5)11-10/h1-2,4,10H. The molecule has 0 atom stereocenters. The van der Waals surface area contributed by atoms with Gasteiger partial charge in [-0.2, -0.15) is 5.26 Å². The Bertz CT molecular complexity index is 352. The fraction of sp³-hybridized carbons (Fsp3) is 0. The summed E-state index contributed by atoms with van der Waals surface area (Å²) in [6.07, 6.45) is 1.44. The summed E-state index contributed by atoms with van der Waals surface area (Å²) in [5.41, 5.74) is 0.273. The summed E-state index contributed by atoms with van der Waals surface area (Å²) in [4.78, 5) is 10.9. The molecule has 0 fully saturated rings. The van der Waals surface area contributed by atoms with Gasteiger partial charge < -0.3 is 0 Å². The van der Waals surface area contributed by atoms with E-state index in [2.05, 4.69) is 11.7 Å². The van der Waals surface area contributed by atoms with Crippen molar-refractivity contribution >= 4 is 22.6 Å². The first kappa shape index (κ1) is 8.24. The van der Waals surface area contributed by atoms with Gasteiger partial charge in [0.25, 0.3) is 5.56 Å². The summed E-state index contributed by atoms with van der Waals surface area (Å²) in [7, 11) is 0.972. The normalized spacial score (nSPS) is 9.09. The maximum Gasteiger partial charge on any atom is 0.261 e. The molecule has 11 heavy (non-hydrogen) atoms. The van der Waals surface area contributed by atoms with Gasteiger partial charge in [0.1, 0.15) is 6.07 Å². The zero-order valence-corrected chi connectivity index (χ0v) is 7.10. The number of hydrogen-bond acceptors (Lipinski definition) is 4. The van der Waals surface area contributed by atoms with Gasteiger partial charge in [0, 0.05) is 23.2 Å². The van der Waals surface area contributed by atoms with Crippen LogP contribution in [0.5, 0.6) is 0 Å². The SMILES string of the molecule is N#Cc1ccc(=O)n(SS)c1. The number of thiol groups is 1. The van der Waals surface area contributed by atoms with Crippen LogP contribution in [0.1, 0.15) is 5.56 Å². The summed E-state index contributed by atoms with van der Waals surface area (Å²) in [5, 5.41) is 8.45. The summed E-state index contributed by atoms with van der Waals surface area (Å²) in [6, 6.07) is 4.73. The van der Waals surface area contributed by atoms with Crippen LogP contribution < -0.4 is 5.56 Å². The van der Waals surface area contributed by atoms with E-state index >= 15 is 0 Å². The van der Waals surface area contributed by atoms with E-state index in [0.717, 1.165) is 11.0 Å². The molecule has 0 aliphatic heterocycles. The van der Waals surface area contributed by atoms with Crippen LogP contribution in [0.2, 0.25) is 0 Å². The predicted molar refractivity (Wildman–Crippen MR) is 47.4 cm³/mol. The van der Waals surface area contributed by atoms with Gasteiger partial charge >= 0.3 is 0 Å². The van der Waals surface area contributed by atoms with Gasteiger partial charge in [-0.15, -0.1) is 0 Å². The smallest absolute Gasteiger partial charge is 0.261 e. The van der Waals surface area contributed by atoms with E-state index in [1.54, 1.807) is 0 Å². The van der Waals surface area contributed by atoms with Gasteiger partial charge in [-0.1, -0.05) is 11.7 Å². The van der Waals surface area contributed by atoms with Crippen molar-refractivity contribution in [3.63, 3.8) is 0 Å². The highest BCUT2D eigenvalue weighted by atomic mass is 33.1. The van der Waals surface area contributed by atoms with Crippen LogP contribution in [0, 0.1) is 11.3 Å². The van der Waals surface area contributed by atoms with E-state index in [-0.39, 0.29) is 5.56 Å². The molecule has 0 amide bonds. The molecule has 0 radical (unpaired) electrons. The summed E-state index contributed by atoms with van der Waals surface area (Å²) < 4.78 is 1.28. The molecule has 0 saturated heterocycles. The Labute approximate surface area is 72.6 Å². The first-order valence-corrected chi connectivity index (χ1v) is 4.55. The Morgan fingerprint density at radius 1 is 1.64 bits per heavy atom. The Balaban J connectivity index is 3.26. The molecule has 0 aliphatic carbocycles. The molecule has 0 aliphatic rings. The Kier molecular flexibility index (Phi) is 2.63. The third-order valence-electron chi connectivity index (χ3n) is 1.10. The van der Waals surface area contributed by atoms with E-state index in [1.807, 2.05) is 6.07 Å². The Morgan fingerprint density at radius 3 is 2.91 bits per heavy atom. The third kappa shape index (κ3) is 1.79. The minimum atomic E-state index is -0.177. The van der Waals surface area contributed by atoms with E-state index < -0.39 is 0 Å². The van der Waals surface area contributed by atoms with Crippen molar-refractivity contribution in [3.8, 4) is 6.07 Å². The first-order chi connectivity index (χ1) is 5.27. The molecule has 1 aromatic heterocycles. The van der Waals surface area contributed by atoms with Crippen molar-refractivity contribution in [2.45, 2.75) is 0 Å². The lowest BCUT2D eigenvalue weighted by Crippen LogP contribution is -2.11. The molecule has 56 valence electrons. The van der Waals surface area contributed by atoms with Gasteiger partial charge in [0.15, 0.2) is 0 Å². The van der Waals surface area contributed by atoms with Crippen molar-refractivity contribution in [1.82, 2.24) is 3.97 Å². The van der Waals surface area contributed by atoms with Gasteiger partial charge in [0.2, 0.25) is 0 Å². The molecule has 0 aromatic carbocycles. The largest absolute Gasteiger partial charge is 0.268 e. The molecule has 0 spiro atoms. The van der Waals surface area contributed by atoms with E-state index in [4.69, 9.17) is 5.26 Å². The second-order valence-corrected chi connectivity index (χ2v) is 2.82. The van der Waals surface area contributed by atoms with Crippen molar-refractivity contribution in [2.75, 3.05) is 0 Å². The van der Waals surface area contributed by atoms with Crippen LogP contribution in [0.4, 0.5) is 0 Å². The molecule has 3 nitrogen and oxygen atoms in total. The quantitative estimate of drug-likeness (QED) is 0.524. The van der Waals surface area contributed by atoms with E-state index in [0.29, 0.717) is 5.56 Å². The minimum absolute atomic E-state index is 0.177. The lowest BCUT2D eigenvalue weighted by molar-refractivity contribution is 1.15. The van der Waals surface area contributed by atoms with Crippen LogP contribution in [0.3, 0.4) is 0 Å². The van der Waals surface area contributed by atoms with E-state index in [9.17, 15) is 4.79 Å². The zero-order valence-electron chi connectivity index (χ0n) is 5.39. The van der Waals surface area contributed by atoms with E-state index in [1.165, 1.54) is 22.3 Å². The maximum absolute atomic E-state index is 10.9. The van der Waals surface area contributed by atoms with Crippen molar-refractivity contribution in [2.24, 2.45) is 0 Å². The Hall–Kier alpha value is -0.860. The molecule has 0 N–H and O–H groups in total. The molecule has 1 aromatic rings. The van der Waals surface area contributed by atoms with Gasteiger partial charge in [-0.25, -0.2) is 3.97 Å². The molecule has 0 bridgehead atoms. The fourth-order valence-corrected chi connectivity index (χ4v) is 1.28. The molecule has 1 heterocycles. The maximum atomic E-state index is 10.9. The second kappa shape index (κ2) is 3.51. The average Bonchev–Trinajstić information content (AvgIpc) is 2.05. The van der Waals surface area contributed by atoms with Crippen LogP contribution >= 0.6 is 22.6 Å². The first-order valence-electron chi connectivity index (χ1n) is 2.72. The summed E-state index contributed by atoms with van der Waals surface area (Å²) in [6.45, 7) is 0. The highest BCUT2D eigenvalue weighted by Gasteiger charge is 1.95. The van der Waals surface area contributed by atoms with Gasteiger partial charge in [0.05, 0.1) is 5.56 Å². The van der Waals surface area contributed by atoms with Crippen LogP contribution in [0.25, 0.3) is 0 Å². The number of pyridine rings is 1. The van der Waals surface area contributed by atoms with Crippen LogP contribution in [-0.2, 0) is 0 Å². The van der Waals surface area contributed by atoms with Crippen LogP contribution in [-0.4, -0.2) is 3.97 Å². The van der Waals surface area contributed by atoms with Crippen molar-refractivity contribution in [1.29, 1.82) is 5.26 Å². The molecular formula is C6H4N2OS2. The highest BCUT2D eigenvalue weighted by Crippen LogP contribution is 2.06. The highest BCUT2D eigenvalue weighted by molar-refractivity contribution is 8.67. The molecule has 5 heteroatoms. The average molecular weight is 184 g/mol. The van der Waals surface area contributed by atoms with Gasteiger partial charge in [-0.05, 0) is 6.07 Å². The van der Waals surface area contributed by atoms with Crippen molar-refractivity contribution < 1.29 is 0 Å². The second-order valence-electron chi connectivity index (χ2n) is 1.78. The lowest BCUT2D eigenvalue weighted by Gasteiger charge is -1.96. The molecule has 1 rings (SSSR count). The summed E-state index contributed by atoms with van der Waals surface area (Å²) in [5.74, 6) is 0. The minimum Gasteiger partial charge on any atom is -0.268 e. The summed E-state index contributed by atoms with van der Waals surface area (Å²) >= 11 is 3.84. The lowest BCUT2D eigenvalue weighted by atomic mass is 10.3. The third-order valence-corrected chi connectivity index (χ3v) is 2.09. The number of aromatic nitrogens is 1. The molecule has 0 saturated carbocycles. The van der Waals surface area contributed by atoms with Crippen LogP contribution in [0.15, 0.2) is 23.1 Å². The zero-order chi connectivity index (χ0) is 8.27. The topological polar surface area (TPSA) is 45.8 Å². The number of rotatable bonds is 1. The Morgan fingerprint density at radius 2 is 2.36 bits per heavy atom. The van der Waals surface area contributed by atoms with Gasteiger partial charge in [-0.3, -0.25) is 4.79 Å². The number of nitrogens with zero attached hydrogens (tertiary/aromatic N) is 2. The fourth-order valence-electron chi connectivity index (χ4n) is 0.597. The monoisotopic (exact) mass is 184 g/mol.